The van der Waals surface area contributed by atoms with E-state index in [2.05, 4.69) is 43.8 Å². The van der Waals surface area contributed by atoms with Crippen LogP contribution in [-0.2, 0) is 0 Å². The van der Waals surface area contributed by atoms with E-state index in [1.165, 1.54) is 32.2 Å². The number of pyridine rings is 1. The zero-order chi connectivity index (χ0) is 20.8. The molecule has 2 aromatic heterocycles. The highest BCUT2D eigenvalue weighted by Crippen LogP contribution is 2.30. The summed E-state index contributed by atoms with van der Waals surface area (Å²) in [4.78, 5) is 6.64. The van der Waals surface area contributed by atoms with Crippen molar-refractivity contribution in [2.24, 2.45) is 0 Å². The van der Waals surface area contributed by atoms with E-state index in [0.717, 1.165) is 33.7 Å². The number of aromatic nitrogens is 4. The van der Waals surface area contributed by atoms with Gasteiger partial charge in [-0.2, -0.15) is 0 Å². The summed E-state index contributed by atoms with van der Waals surface area (Å²) in [5.41, 5.74) is 2.04. The van der Waals surface area contributed by atoms with Gasteiger partial charge in [0.05, 0.1) is 6.61 Å². The van der Waals surface area contributed by atoms with E-state index in [0.29, 0.717) is 12.6 Å². The van der Waals surface area contributed by atoms with Crippen molar-refractivity contribution in [3.05, 3.63) is 48.8 Å². The van der Waals surface area contributed by atoms with Crippen LogP contribution in [0.4, 0.5) is 0 Å². The third-order valence-electron chi connectivity index (χ3n) is 5.58. The minimum atomic E-state index is 0.658. The van der Waals surface area contributed by atoms with Crippen LogP contribution in [-0.4, -0.2) is 56.6 Å². The molecule has 158 valence electrons. The van der Waals surface area contributed by atoms with E-state index in [9.17, 15) is 0 Å². The molecule has 1 saturated heterocycles. The van der Waals surface area contributed by atoms with Gasteiger partial charge in [-0.3, -0.25) is 9.55 Å². The number of nitrogens with zero attached hydrogens (tertiary/aromatic N) is 5. The Morgan fingerprint density at radius 2 is 1.87 bits per heavy atom. The quantitative estimate of drug-likeness (QED) is 0.490. The number of thioether (sulfide) groups is 1. The molecule has 0 aliphatic carbocycles. The van der Waals surface area contributed by atoms with Crippen molar-refractivity contribution < 1.29 is 4.74 Å². The molecule has 7 heteroatoms. The van der Waals surface area contributed by atoms with Crippen LogP contribution in [0.2, 0.25) is 0 Å². The molecule has 1 unspecified atom stereocenters. The molecule has 30 heavy (non-hydrogen) atoms. The fourth-order valence-electron chi connectivity index (χ4n) is 3.94. The molecule has 0 saturated carbocycles. The number of rotatable bonds is 8. The summed E-state index contributed by atoms with van der Waals surface area (Å²) in [6.45, 7) is 3.86. The molecule has 1 fully saturated rings. The number of piperidine rings is 1. The Hall–Kier alpha value is -2.38. The van der Waals surface area contributed by atoms with E-state index < -0.39 is 0 Å². The van der Waals surface area contributed by atoms with Crippen molar-refractivity contribution in [1.82, 2.24) is 24.6 Å². The lowest BCUT2D eigenvalue weighted by Gasteiger charge is -2.32. The number of hydrogen-bond acceptors (Lipinski definition) is 6. The minimum absolute atomic E-state index is 0.658. The average molecular weight is 424 g/mol. The van der Waals surface area contributed by atoms with Gasteiger partial charge in [-0.15, -0.1) is 10.2 Å². The van der Waals surface area contributed by atoms with Gasteiger partial charge < -0.3 is 9.64 Å². The molecule has 0 amide bonds. The Kier molecular flexibility index (Phi) is 7.02. The minimum Gasteiger partial charge on any atom is -0.494 e. The van der Waals surface area contributed by atoms with Crippen LogP contribution >= 0.6 is 11.8 Å². The Balaban J connectivity index is 1.57. The lowest BCUT2D eigenvalue weighted by Crippen LogP contribution is -2.36. The van der Waals surface area contributed by atoms with Crippen LogP contribution < -0.4 is 4.74 Å². The molecule has 1 aromatic carbocycles. The highest BCUT2D eigenvalue weighted by Gasteiger charge is 2.20. The van der Waals surface area contributed by atoms with Gasteiger partial charge in [0.1, 0.15) is 5.75 Å². The maximum atomic E-state index is 5.61. The fraction of sp³-hybridized carbons (Fsp3) is 0.435. The third-order valence-corrected chi connectivity index (χ3v) is 6.54. The van der Waals surface area contributed by atoms with Gasteiger partial charge in [-0.05, 0) is 76.2 Å². The Morgan fingerprint density at radius 3 is 2.60 bits per heavy atom. The van der Waals surface area contributed by atoms with Crippen molar-refractivity contribution in [3.63, 3.8) is 0 Å². The lowest BCUT2D eigenvalue weighted by atomic mass is 10.0. The van der Waals surface area contributed by atoms with Gasteiger partial charge in [0.25, 0.3) is 0 Å². The Bertz CT molecular complexity index is 929. The summed E-state index contributed by atoms with van der Waals surface area (Å²) >= 11 is 1.78. The van der Waals surface area contributed by atoms with Crippen molar-refractivity contribution in [2.75, 3.05) is 26.0 Å². The van der Waals surface area contributed by atoms with Gasteiger partial charge in [0, 0.05) is 35.4 Å². The normalized spacial score (nSPS) is 17.2. The molecule has 3 aromatic rings. The van der Waals surface area contributed by atoms with Crippen molar-refractivity contribution >= 4 is 11.8 Å². The van der Waals surface area contributed by atoms with E-state index in [-0.39, 0.29) is 0 Å². The van der Waals surface area contributed by atoms with Crippen molar-refractivity contribution in [2.45, 2.75) is 43.8 Å². The predicted molar refractivity (Wildman–Crippen MR) is 121 cm³/mol. The molecule has 1 aliphatic rings. The third kappa shape index (κ3) is 4.84. The molecule has 0 N–H and O–H groups in total. The van der Waals surface area contributed by atoms with Gasteiger partial charge >= 0.3 is 0 Å². The van der Waals surface area contributed by atoms with Crippen molar-refractivity contribution in [1.29, 1.82) is 0 Å². The predicted octanol–water partition coefficient (Wildman–Crippen LogP) is 4.69. The SMILES string of the molecule is CCOc1ccc(-n2c(SCCC3CCCCN3C)nnc2-c2ccncc2)cc1. The second kappa shape index (κ2) is 10.1. The zero-order valence-electron chi connectivity index (χ0n) is 17.7. The number of ether oxygens (including phenoxy) is 1. The molecule has 1 aliphatic heterocycles. The van der Waals surface area contributed by atoms with E-state index >= 15 is 0 Å². The highest BCUT2D eigenvalue weighted by atomic mass is 32.2. The molecule has 0 radical (unpaired) electrons. The van der Waals surface area contributed by atoms with Crippen LogP contribution in [0, 0.1) is 0 Å². The van der Waals surface area contributed by atoms with E-state index in [1.807, 2.05) is 31.2 Å². The average Bonchev–Trinajstić information content (AvgIpc) is 3.20. The number of benzene rings is 1. The Labute approximate surface area is 182 Å². The summed E-state index contributed by atoms with van der Waals surface area (Å²) in [5, 5.41) is 9.99. The molecular weight excluding hydrogens is 394 g/mol. The number of likely N-dealkylation sites (tertiary alicyclic amines) is 1. The van der Waals surface area contributed by atoms with Gasteiger partial charge in [0.2, 0.25) is 0 Å². The fourth-order valence-corrected chi connectivity index (χ4v) is 4.93. The molecule has 4 rings (SSSR count). The van der Waals surface area contributed by atoms with Crippen LogP contribution in [0.1, 0.15) is 32.6 Å². The smallest absolute Gasteiger partial charge is 0.196 e. The van der Waals surface area contributed by atoms with Crippen LogP contribution in [0.15, 0.2) is 53.9 Å². The molecule has 0 bridgehead atoms. The first-order chi connectivity index (χ1) is 14.8. The topological polar surface area (TPSA) is 56.1 Å². The molecule has 3 heterocycles. The van der Waals surface area contributed by atoms with Gasteiger partial charge in [-0.1, -0.05) is 18.2 Å². The van der Waals surface area contributed by atoms with Crippen LogP contribution in [0.5, 0.6) is 5.75 Å². The van der Waals surface area contributed by atoms with E-state index in [4.69, 9.17) is 4.74 Å². The largest absolute Gasteiger partial charge is 0.494 e. The maximum absolute atomic E-state index is 5.61. The maximum Gasteiger partial charge on any atom is 0.196 e. The zero-order valence-corrected chi connectivity index (χ0v) is 18.5. The van der Waals surface area contributed by atoms with Gasteiger partial charge in [-0.25, -0.2) is 0 Å². The lowest BCUT2D eigenvalue weighted by molar-refractivity contribution is 0.182. The molecule has 0 spiro atoms. The monoisotopic (exact) mass is 423 g/mol. The second-order valence-corrected chi connectivity index (χ2v) is 8.63. The first-order valence-corrected chi connectivity index (χ1v) is 11.7. The summed E-state index contributed by atoms with van der Waals surface area (Å²) in [7, 11) is 2.25. The molecule has 1 atom stereocenters. The first-order valence-electron chi connectivity index (χ1n) is 10.7. The molecule has 6 nitrogen and oxygen atoms in total. The Morgan fingerprint density at radius 1 is 1.07 bits per heavy atom. The highest BCUT2D eigenvalue weighted by molar-refractivity contribution is 7.99. The number of hydrogen-bond donors (Lipinski definition) is 0. The van der Waals surface area contributed by atoms with Crippen molar-refractivity contribution in [3.8, 4) is 22.8 Å². The standard InChI is InChI=1S/C23H29N5OS/c1-3-29-21-9-7-20(8-10-21)28-22(18-11-14-24-15-12-18)25-26-23(28)30-17-13-19-6-4-5-16-27(19)2/h7-12,14-15,19H,3-6,13,16-17H2,1-2H3. The summed E-state index contributed by atoms with van der Waals surface area (Å²) in [5.74, 6) is 2.73. The summed E-state index contributed by atoms with van der Waals surface area (Å²) < 4.78 is 7.75. The second-order valence-electron chi connectivity index (χ2n) is 7.57. The van der Waals surface area contributed by atoms with Gasteiger partial charge in [0.15, 0.2) is 11.0 Å². The first kappa shape index (κ1) is 20.9. The van der Waals surface area contributed by atoms with Crippen LogP contribution in [0.25, 0.3) is 17.1 Å². The van der Waals surface area contributed by atoms with E-state index in [1.54, 1.807) is 24.2 Å². The summed E-state index contributed by atoms with van der Waals surface area (Å²) in [6, 6.07) is 12.8. The summed E-state index contributed by atoms with van der Waals surface area (Å²) in [6.07, 6.45) is 8.71. The molecular formula is C23H29N5OS. The van der Waals surface area contributed by atoms with Crippen LogP contribution in [0.3, 0.4) is 0 Å².